The normalized spacial score (nSPS) is 13.7. The fourth-order valence-electron chi connectivity index (χ4n) is 3.02. The number of fused-ring (bicyclic) bond motifs is 1. The van der Waals surface area contributed by atoms with Gasteiger partial charge in [0.15, 0.2) is 16.5 Å². The summed E-state index contributed by atoms with van der Waals surface area (Å²) < 4.78 is 39.7. The topological polar surface area (TPSA) is 59.8 Å². The van der Waals surface area contributed by atoms with Crippen LogP contribution in [0.3, 0.4) is 0 Å². The number of hydrogen-bond donors (Lipinski definition) is 1. The first-order valence-corrected chi connectivity index (χ1v) is 8.82. The minimum atomic E-state index is -4.53. The number of carbonyl (C=O) groups is 1. The summed E-state index contributed by atoms with van der Waals surface area (Å²) in [6.07, 6.45) is -2.10. The highest BCUT2D eigenvalue weighted by Gasteiger charge is 2.34. The number of anilines is 1. The van der Waals surface area contributed by atoms with Gasteiger partial charge in [-0.15, -0.1) is 11.3 Å². The number of benzene rings is 1. The predicted molar refractivity (Wildman–Crippen MR) is 90.7 cm³/mol. The van der Waals surface area contributed by atoms with Gasteiger partial charge in [-0.05, 0) is 31.4 Å². The molecule has 0 saturated heterocycles. The number of thiazole rings is 1. The fourth-order valence-corrected chi connectivity index (χ4v) is 3.73. The Kier molecular flexibility index (Phi) is 4.03. The van der Waals surface area contributed by atoms with Crippen molar-refractivity contribution in [3.8, 4) is 5.69 Å². The Balaban J connectivity index is 1.64. The van der Waals surface area contributed by atoms with Gasteiger partial charge in [0.25, 0.3) is 5.91 Å². The number of nitrogens with one attached hydrogen (secondary N) is 1. The fraction of sp³-hybridized carbons (Fsp3) is 0.235. The van der Waals surface area contributed by atoms with Crippen molar-refractivity contribution in [3.63, 3.8) is 0 Å². The number of hydrogen-bond acceptors (Lipinski definition) is 4. The van der Waals surface area contributed by atoms with Gasteiger partial charge in [-0.2, -0.15) is 18.3 Å². The predicted octanol–water partition coefficient (Wildman–Crippen LogP) is 4.09. The molecule has 0 atom stereocenters. The first-order chi connectivity index (χ1) is 12.4. The number of alkyl halides is 3. The maximum absolute atomic E-state index is 12.6. The van der Waals surface area contributed by atoms with Gasteiger partial charge in [0.1, 0.15) is 0 Å². The molecule has 0 radical (unpaired) electrons. The summed E-state index contributed by atoms with van der Waals surface area (Å²) in [5, 5.41) is 7.63. The molecule has 1 aliphatic rings. The maximum atomic E-state index is 12.6. The number of amides is 1. The van der Waals surface area contributed by atoms with E-state index >= 15 is 0 Å². The van der Waals surface area contributed by atoms with Crippen LogP contribution in [0.5, 0.6) is 0 Å². The molecule has 2 aromatic heterocycles. The number of para-hydroxylation sites is 1. The molecule has 1 N–H and O–H groups in total. The number of aromatic nitrogens is 3. The van der Waals surface area contributed by atoms with Gasteiger partial charge in [-0.1, -0.05) is 18.2 Å². The second-order valence-corrected chi connectivity index (χ2v) is 6.72. The smallest absolute Gasteiger partial charge is 0.296 e. The average Bonchev–Trinajstić information content (AvgIpc) is 3.30. The van der Waals surface area contributed by atoms with Gasteiger partial charge in [0.05, 0.1) is 5.69 Å². The Morgan fingerprint density at radius 2 is 1.96 bits per heavy atom. The largest absolute Gasteiger partial charge is 0.434 e. The van der Waals surface area contributed by atoms with E-state index in [0.717, 1.165) is 52.9 Å². The highest BCUT2D eigenvalue weighted by atomic mass is 32.1. The molecule has 0 aliphatic heterocycles. The summed E-state index contributed by atoms with van der Waals surface area (Å²) >= 11 is 0.738. The molecule has 4 rings (SSSR count). The molecule has 0 saturated carbocycles. The van der Waals surface area contributed by atoms with Crippen LogP contribution >= 0.6 is 11.3 Å². The van der Waals surface area contributed by atoms with Crippen molar-refractivity contribution in [1.29, 1.82) is 0 Å². The monoisotopic (exact) mass is 378 g/mol. The minimum Gasteiger partial charge on any atom is -0.296 e. The van der Waals surface area contributed by atoms with Crippen LogP contribution in [-0.4, -0.2) is 20.7 Å². The SMILES string of the molecule is O=C(Nc1nc(C(F)(F)F)cs1)c1nn(-c2ccccc2)c2c1CCC2. The third kappa shape index (κ3) is 2.98. The first-order valence-electron chi connectivity index (χ1n) is 7.94. The summed E-state index contributed by atoms with van der Waals surface area (Å²) in [6.45, 7) is 0. The lowest BCUT2D eigenvalue weighted by molar-refractivity contribution is -0.140. The maximum Gasteiger partial charge on any atom is 0.434 e. The minimum absolute atomic E-state index is 0.0941. The molecular formula is C17H13F3N4OS. The molecule has 0 spiro atoms. The molecule has 0 bridgehead atoms. The lowest BCUT2D eigenvalue weighted by Crippen LogP contribution is -2.15. The van der Waals surface area contributed by atoms with Crippen LogP contribution in [0.25, 0.3) is 5.69 Å². The Morgan fingerprint density at radius 1 is 1.19 bits per heavy atom. The van der Waals surface area contributed by atoms with Crippen molar-refractivity contribution in [2.45, 2.75) is 25.4 Å². The van der Waals surface area contributed by atoms with Crippen molar-refractivity contribution in [1.82, 2.24) is 14.8 Å². The average molecular weight is 378 g/mol. The summed E-state index contributed by atoms with van der Waals surface area (Å²) in [7, 11) is 0. The van der Waals surface area contributed by atoms with E-state index in [0.29, 0.717) is 0 Å². The molecule has 1 amide bonds. The van der Waals surface area contributed by atoms with Crippen molar-refractivity contribution < 1.29 is 18.0 Å². The summed E-state index contributed by atoms with van der Waals surface area (Å²) in [6, 6.07) is 9.44. The molecule has 134 valence electrons. The Bertz CT molecular complexity index is 962. The number of rotatable bonds is 3. The summed E-state index contributed by atoms with van der Waals surface area (Å²) in [4.78, 5) is 16.0. The lowest BCUT2D eigenvalue weighted by Gasteiger charge is -2.04. The summed E-state index contributed by atoms with van der Waals surface area (Å²) in [5.41, 5.74) is 1.89. The van der Waals surface area contributed by atoms with Gasteiger partial charge in [0.2, 0.25) is 0 Å². The van der Waals surface area contributed by atoms with Crippen LogP contribution in [0.1, 0.15) is 33.9 Å². The molecule has 3 aromatic rings. The molecule has 26 heavy (non-hydrogen) atoms. The van der Waals surface area contributed by atoms with Gasteiger partial charge in [-0.3, -0.25) is 10.1 Å². The summed E-state index contributed by atoms with van der Waals surface area (Å²) in [5.74, 6) is -0.541. The zero-order chi connectivity index (χ0) is 18.3. The first kappa shape index (κ1) is 16.8. The van der Waals surface area contributed by atoms with E-state index in [9.17, 15) is 18.0 Å². The van der Waals surface area contributed by atoms with Gasteiger partial charge in [-0.25, -0.2) is 9.67 Å². The van der Waals surface area contributed by atoms with Crippen molar-refractivity contribution >= 4 is 22.4 Å². The molecule has 9 heteroatoms. The zero-order valence-electron chi connectivity index (χ0n) is 13.4. The Morgan fingerprint density at radius 3 is 2.65 bits per heavy atom. The van der Waals surface area contributed by atoms with Gasteiger partial charge < -0.3 is 0 Å². The third-order valence-corrected chi connectivity index (χ3v) is 4.92. The van der Waals surface area contributed by atoms with Crippen LogP contribution in [-0.2, 0) is 19.0 Å². The van der Waals surface area contributed by atoms with Crippen LogP contribution in [0.2, 0.25) is 0 Å². The molecule has 1 aromatic carbocycles. The van der Waals surface area contributed by atoms with Crippen LogP contribution in [0.15, 0.2) is 35.7 Å². The number of halogens is 3. The number of nitrogens with zero attached hydrogens (tertiary/aromatic N) is 3. The standard InChI is InChI=1S/C17H13F3N4OS/c18-17(19,20)13-9-26-16(21-13)22-15(25)14-11-7-4-8-12(11)24(23-14)10-5-2-1-3-6-10/h1-3,5-6,9H,4,7-8H2,(H,21,22,25). The highest BCUT2D eigenvalue weighted by Crippen LogP contribution is 2.32. The van der Waals surface area contributed by atoms with Crippen LogP contribution in [0.4, 0.5) is 18.3 Å². The van der Waals surface area contributed by atoms with Crippen molar-refractivity contribution in [2.75, 3.05) is 5.32 Å². The molecule has 2 heterocycles. The van der Waals surface area contributed by atoms with E-state index in [2.05, 4.69) is 15.4 Å². The molecule has 1 aliphatic carbocycles. The van der Waals surface area contributed by atoms with Gasteiger partial charge in [0, 0.05) is 16.6 Å². The van der Waals surface area contributed by atoms with E-state index in [1.54, 1.807) is 4.68 Å². The second-order valence-electron chi connectivity index (χ2n) is 5.86. The van der Waals surface area contributed by atoms with Crippen molar-refractivity contribution in [2.24, 2.45) is 0 Å². The van der Waals surface area contributed by atoms with Crippen molar-refractivity contribution in [3.05, 3.63) is 58.4 Å². The van der Waals surface area contributed by atoms with Gasteiger partial charge >= 0.3 is 6.18 Å². The zero-order valence-corrected chi connectivity index (χ0v) is 14.2. The van der Waals surface area contributed by atoms with E-state index in [1.165, 1.54) is 0 Å². The second kappa shape index (κ2) is 6.24. The molecule has 5 nitrogen and oxygen atoms in total. The molecule has 0 unspecified atom stereocenters. The Labute approximate surface area is 150 Å². The molecular weight excluding hydrogens is 365 g/mol. The Hall–Kier alpha value is -2.68. The van der Waals surface area contributed by atoms with E-state index in [1.807, 2.05) is 30.3 Å². The lowest BCUT2D eigenvalue weighted by atomic mass is 10.2. The quantitative estimate of drug-likeness (QED) is 0.747. The van der Waals surface area contributed by atoms with E-state index in [4.69, 9.17) is 0 Å². The van der Waals surface area contributed by atoms with Crippen LogP contribution in [0, 0.1) is 0 Å². The third-order valence-electron chi connectivity index (χ3n) is 4.16. The van der Waals surface area contributed by atoms with E-state index in [-0.39, 0.29) is 10.8 Å². The molecule has 0 fully saturated rings. The van der Waals surface area contributed by atoms with E-state index < -0.39 is 17.8 Å². The number of carbonyl (C=O) groups excluding carboxylic acids is 1. The highest BCUT2D eigenvalue weighted by molar-refractivity contribution is 7.14. The van der Waals surface area contributed by atoms with Crippen LogP contribution < -0.4 is 5.32 Å².